The van der Waals surface area contributed by atoms with Gasteiger partial charge in [-0.15, -0.1) is 0 Å². The molecule has 0 aliphatic heterocycles. The van der Waals surface area contributed by atoms with Crippen LogP contribution in [0.25, 0.3) is 95.0 Å². The number of hydrogen-bond acceptors (Lipinski definition) is 3. The first-order valence-electron chi connectivity index (χ1n) is 26.0. The summed E-state index contributed by atoms with van der Waals surface area (Å²) >= 11 is 0. The van der Waals surface area contributed by atoms with Gasteiger partial charge in [0, 0.05) is 27.5 Å². The fraction of sp³-hybridized carbons (Fsp3) is 0.0282. The number of hydrogen-bond donors (Lipinski definition) is 0. The fourth-order valence-corrected chi connectivity index (χ4v) is 16.2. The van der Waals surface area contributed by atoms with Crippen LogP contribution in [-0.2, 0) is 0 Å². The highest BCUT2D eigenvalue weighted by molar-refractivity contribution is 7.19. The normalized spacial score (nSPS) is 11.6. The summed E-state index contributed by atoms with van der Waals surface area (Å²) in [5, 5.41) is 7.63. The zero-order valence-electron chi connectivity index (χ0n) is 42.3. The van der Waals surface area contributed by atoms with Crippen LogP contribution in [-0.4, -0.2) is 27.6 Å². The van der Waals surface area contributed by atoms with Crippen LogP contribution in [0.5, 0.6) is 0 Å². The molecule has 360 valence electrons. The van der Waals surface area contributed by atoms with E-state index < -0.39 is 8.07 Å². The van der Waals surface area contributed by atoms with Crippen molar-refractivity contribution in [2.24, 2.45) is 0 Å². The first-order valence-corrected chi connectivity index (χ1v) is 28.0. The third-order valence-electron chi connectivity index (χ3n) is 15.1. The van der Waals surface area contributed by atoms with Crippen LogP contribution in [0.2, 0.25) is 0 Å². The number of fused-ring (bicyclic) bond motifs is 3. The van der Waals surface area contributed by atoms with Crippen LogP contribution >= 0.6 is 0 Å². The van der Waals surface area contributed by atoms with Crippen molar-refractivity contribution >= 4 is 50.6 Å². The minimum absolute atomic E-state index is 0.588. The second-order valence-electron chi connectivity index (χ2n) is 19.6. The molecule has 0 aliphatic rings. The molecule has 0 amide bonds. The van der Waals surface area contributed by atoms with E-state index in [2.05, 4.69) is 261 Å². The van der Waals surface area contributed by atoms with Crippen molar-refractivity contribution in [2.45, 2.75) is 13.8 Å². The molecule has 13 rings (SSSR count). The molecule has 76 heavy (non-hydrogen) atoms. The van der Waals surface area contributed by atoms with Crippen molar-refractivity contribution in [3.05, 3.63) is 290 Å². The van der Waals surface area contributed by atoms with Crippen LogP contribution in [0.15, 0.2) is 279 Å². The first-order chi connectivity index (χ1) is 37.5. The zero-order valence-corrected chi connectivity index (χ0v) is 43.3. The largest absolute Gasteiger partial charge is 0.308 e. The standard InChI is InChI=1S/C71H52N4Si/c1-49-23-18-20-37-61(49)55-40-43-66-63(47-55)64-48-56(62-38-21-19-24-50(62)2)41-44-67(64)75(66)68-42-39-54(46-65(68)71-73-69(51-25-8-3-9-26-51)72-70(74-71)52-27-10-4-11-28-52)53-29-22-36-60(45-53)76(57-30-12-5-13-31-57,58-32-14-6-15-33-58)59-34-16-7-17-35-59/h3-48H,1-2H3. The minimum Gasteiger partial charge on any atom is -0.308 e. The molecule has 0 N–H and O–H groups in total. The van der Waals surface area contributed by atoms with Crippen molar-refractivity contribution in [1.29, 1.82) is 0 Å². The molecule has 0 fully saturated rings. The Morgan fingerprint density at radius 1 is 0.276 bits per heavy atom. The highest BCUT2D eigenvalue weighted by Crippen LogP contribution is 2.41. The lowest BCUT2D eigenvalue weighted by Crippen LogP contribution is -2.74. The van der Waals surface area contributed by atoms with Gasteiger partial charge in [0.25, 0.3) is 0 Å². The second-order valence-corrected chi connectivity index (χ2v) is 23.4. The van der Waals surface area contributed by atoms with E-state index in [1.165, 1.54) is 64.9 Å². The van der Waals surface area contributed by atoms with Crippen LogP contribution in [0, 0.1) is 13.8 Å². The maximum atomic E-state index is 5.44. The average molecular weight is 989 g/mol. The van der Waals surface area contributed by atoms with Crippen molar-refractivity contribution < 1.29 is 0 Å². The van der Waals surface area contributed by atoms with E-state index in [0.29, 0.717) is 17.5 Å². The molecule has 2 heterocycles. The van der Waals surface area contributed by atoms with Gasteiger partial charge in [-0.05, 0) is 116 Å². The molecular weight excluding hydrogens is 937 g/mol. The fourth-order valence-electron chi connectivity index (χ4n) is 11.4. The zero-order chi connectivity index (χ0) is 51.0. The van der Waals surface area contributed by atoms with E-state index in [1.807, 2.05) is 36.4 Å². The molecule has 4 nitrogen and oxygen atoms in total. The van der Waals surface area contributed by atoms with Gasteiger partial charge in [-0.25, -0.2) is 15.0 Å². The van der Waals surface area contributed by atoms with Crippen LogP contribution < -0.4 is 20.7 Å². The molecule has 0 bridgehead atoms. The van der Waals surface area contributed by atoms with E-state index in [-0.39, 0.29) is 0 Å². The van der Waals surface area contributed by atoms with Gasteiger partial charge >= 0.3 is 0 Å². The Kier molecular flexibility index (Phi) is 12.0. The maximum absolute atomic E-state index is 5.44. The summed E-state index contributed by atoms with van der Waals surface area (Å²) in [5.41, 5.74) is 15.3. The van der Waals surface area contributed by atoms with E-state index >= 15 is 0 Å². The van der Waals surface area contributed by atoms with Crippen LogP contribution in [0.1, 0.15) is 11.1 Å². The molecule has 2 aromatic heterocycles. The molecule has 0 unspecified atom stereocenters. The number of nitrogens with zero attached hydrogens (tertiary/aromatic N) is 4. The Hall–Kier alpha value is -9.55. The number of rotatable bonds is 11. The van der Waals surface area contributed by atoms with E-state index in [9.17, 15) is 0 Å². The third kappa shape index (κ3) is 8.24. The highest BCUT2D eigenvalue weighted by Gasteiger charge is 2.41. The average Bonchev–Trinajstić information content (AvgIpc) is 3.86. The van der Waals surface area contributed by atoms with Gasteiger partial charge in [0.15, 0.2) is 25.5 Å². The predicted octanol–water partition coefficient (Wildman–Crippen LogP) is 15.0. The quantitative estimate of drug-likeness (QED) is 0.0958. The van der Waals surface area contributed by atoms with Crippen molar-refractivity contribution in [3.8, 4) is 73.2 Å². The molecule has 0 saturated carbocycles. The summed E-state index contributed by atoms with van der Waals surface area (Å²) in [7, 11) is -2.85. The highest BCUT2D eigenvalue weighted by atomic mass is 28.3. The Morgan fingerprint density at radius 2 is 0.658 bits per heavy atom. The SMILES string of the molecule is Cc1ccccc1-c1ccc2c(c1)c1cc(-c3ccccc3C)ccc1n2-c1ccc(-c2cccc([Si](c3ccccc3)(c3ccccc3)c3ccccc3)c2)cc1-c1nc(-c2ccccc2)nc(-c2ccccc2)n1. The van der Waals surface area contributed by atoms with Crippen molar-refractivity contribution in [1.82, 2.24) is 19.5 Å². The van der Waals surface area contributed by atoms with Crippen molar-refractivity contribution in [2.75, 3.05) is 0 Å². The van der Waals surface area contributed by atoms with Gasteiger partial charge in [-0.2, -0.15) is 0 Å². The molecule has 0 saturated heterocycles. The van der Waals surface area contributed by atoms with E-state index in [0.717, 1.165) is 44.5 Å². The monoisotopic (exact) mass is 988 g/mol. The first kappa shape index (κ1) is 46.2. The lowest BCUT2D eigenvalue weighted by Gasteiger charge is -2.34. The summed E-state index contributed by atoms with van der Waals surface area (Å²) in [5.74, 6) is 1.81. The topological polar surface area (TPSA) is 43.6 Å². The summed E-state index contributed by atoms with van der Waals surface area (Å²) in [6.45, 7) is 4.38. The Balaban J connectivity index is 1.09. The maximum Gasteiger partial charge on any atom is 0.179 e. The van der Waals surface area contributed by atoms with Gasteiger partial charge in [-0.3, -0.25) is 0 Å². The predicted molar refractivity (Wildman–Crippen MR) is 320 cm³/mol. The minimum atomic E-state index is -2.85. The van der Waals surface area contributed by atoms with Crippen LogP contribution in [0.4, 0.5) is 0 Å². The third-order valence-corrected chi connectivity index (χ3v) is 19.9. The van der Waals surface area contributed by atoms with Gasteiger partial charge in [0.1, 0.15) is 0 Å². The Morgan fingerprint density at radius 3 is 1.13 bits per heavy atom. The molecule has 0 spiro atoms. The summed E-state index contributed by atoms with van der Waals surface area (Å²) in [4.78, 5) is 16.0. The van der Waals surface area contributed by atoms with Gasteiger partial charge in [0.2, 0.25) is 0 Å². The molecule has 0 radical (unpaired) electrons. The smallest absolute Gasteiger partial charge is 0.179 e. The van der Waals surface area contributed by atoms with Crippen molar-refractivity contribution in [3.63, 3.8) is 0 Å². The molecular formula is C71H52N4Si. The number of aryl methyl sites for hydroxylation is 2. The van der Waals surface area contributed by atoms with Gasteiger partial charge < -0.3 is 4.57 Å². The van der Waals surface area contributed by atoms with E-state index in [4.69, 9.17) is 15.0 Å². The summed E-state index contributed by atoms with van der Waals surface area (Å²) in [6, 6.07) is 101. The summed E-state index contributed by atoms with van der Waals surface area (Å²) < 4.78 is 2.43. The summed E-state index contributed by atoms with van der Waals surface area (Å²) in [6.07, 6.45) is 0. The molecule has 0 aliphatic carbocycles. The molecule has 0 atom stereocenters. The molecule has 5 heteroatoms. The second kappa shape index (κ2) is 19.7. The van der Waals surface area contributed by atoms with Gasteiger partial charge in [-0.1, -0.05) is 243 Å². The lowest BCUT2D eigenvalue weighted by molar-refractivity contribution is 1.06. The Labute approximate surface area is 445 Å². The lowest BCUT2D eigenvalue weighted by atomic mass is 9.97. The van der Waals surface area contributed by atoms with Crippen LogP contribution in [0.3, 0.4) is 0 Å². The molecule has 13 aromatic rings. The number of aromatic nitrogens is 4. The van der Waals surface area contributed by atoms with Gasteiger partial charge in [0.05, 0.1) is 16.7 Å². The molecule has 11 aromatic carbocycles. The Bertz CT molecular complexity index is 3970. The van der Waals surface area contributed by atoms with E-state index in [1.54, 1.807) is 0 Å². The number of benzene rings is 11.